The van der Waals surface area contributed by atoms with Crippen molar-refractivity contribution in [3.63, 3.8) is 0 Å². The summed E-state index contributed by atoms with van der Waals surface area (Å²) in [6.45, 7) is 5.13. The molecule has 0 aliphatic heterocycles. The first-order valence-electron chi connectivity index (χ1n) is 12.2. The van der Waals surface area contributed by atoms with Gasteiger partial charge in [-0.2, -0.15) is 0 Å². The minimum absolute atomic E-state index is 0.0351. The summed E-state index contributed by atoms with van der Waals surface area (Å²) in [5.41, 5.74) is 0.427. The quantitative estimate of drug-likeness (QED) is 0.186. The topological polar surface area (TPSA) is 46.5 Å². The maximum absolute atomic E-state index is 12.4. The summed E-state index contributed by atoms with van der Waals surface area (Å²) < 4.78 is 5.72. The van der Waals surface area contributed by atoms with Gasteiger partial charge in [-0.25, -0.2) is 0 Å². The third kappa shape index (κ3) is 12.6. The molecule has 1 rings (SSSR count). The summed E-state index contributed by atoms with van der Waals surface area (Å²) >= 11 is 0. The molecule has 0 saturated carbocycles. The van der Waals surface area contributed by atoms with Gasteiger partial charge in [0.1, 0.15) is 11.5 Å². The smallest absolute Gasteiger partial charge is 0.166 e. The van der Waals surface area contributed by atoms with Crippen molar-refractivity contribution in [1.29, 1.82) is 0 Å². The highest BCUT2D eigenvalue weighted by Crippen LogP contribution is 2.26. The van der Waals surface area contributed by atoms with Gasteiger partial charge in [0.25, 0.3) is 0 Å². The monoisotopic (exact) mass is 404 g/mol. The van der Waals surface area contributed by atoms with Crippen LogP contribution in [0.4, 0.5) is 0 Å². The van der Waals surface area contributed by atoms with Crippen molar-refractivity contribution in [3.8, 4) is 11.5 Å². The van der Waals surface area contributed by atoms with Gasteiger partial charge in [-0.3, -0.25) is 4.79 Å². The van der Waals surface area contributed by atoms with E-state index < -0.39 is 0 Å². The third-order valence-electron chi connectivity index (χ3n) is 5.54. The number of phenolic OH excluding ortho intramolecular Hbond substituents is 1. The minimum Gasteiger partial charge on any atom is -0.507 e. The van der Waals surface area contributed by atoms with E-state index in [0.29, 0.717) is 24.3 Å². The van der Waals surface area contributed by atoms with Crippen LogP contribution in [0.1, 0.15) is 127 Å². The molecule has 0 unspecified atom stereocenters. The van der Waals surface area contributed by atoms with Gasteiger partial charge in [-0.1, -0.05) is 97.3 Å². The van der Waals surface area contributed by atoms with Crippen LogP contribution in [-0.4, -0.2) is 17.5 Å². The number of carbonyl (C=O) groups excluding carboxylic acids is 1. The van der Waals surface area contributed by atoms with Crippen LogP contribution >= 0.6 is 0 Å². The molecule has 0 atom stereocenters. The fourth-order valence-corrected chi connectivity index (χ4v) is 3.64. The lowest BCUT2D eigenvalue weighted by molar-refractivity contribution is 0.0976. The van der Waals surface area contributed by atoms with Crippen LogP contribution in [0.25, 0.3) is 0 Å². The molecule has 166 valence electrons. The number of unbranched alkanes of at least 4 members (excludes halogenated alkanes) is 13. The molecule has 0 aromatic heterocycles. The van der Waals surface area contributed by atoms with Crippen LogP contribution in [0.2, 0.25) is 0 Å². The van der Waals surface area contributed by atoms with Gasteiger partial charge >= 0.3 is 0 Å². The van der Waals surface area contributed by atoms with E-state index in [4.69, 9.17) is 4.74 Å². The molecule has 1 aromatic carbocycles. The first-order chi connectivity index (χ1) is 14.2. The van der Waals surface area contributed by atoms with E-state index in [0.717, 1.165) is 19.3 Å². The van der Waals surface area contributed by atoms with Crippen molar-refractivity contribution in [2.75, 3.05) is 6.61 Å². The van der Waals surface area contributed by atoms with Gasteiger partial charge in [-0.15, -0.1) is 0 Å². The summed E-state index contributed by atoms with van der Waals surface area (Å²) in [5.74, 6) is 0.731. The van der Waals surface area contributed by atoms with E-state index in [1.807, 2.05) is 0 Å². The summed E-state index contributed by atoms with van der Waals surface area (Å²) in [6.07, 6.45) is 19.0. The summed E-state index contributed by atoms with van der Waals surface area (Å²) in [6, 6.07) is 5.10. The highest BCUT2D eigenvalue weighted by molar-refractivity contribution is 5.98. The van der Waals surface area contributed by atoms with Gasteiger partial charge in [0, 0.05) is 12.5 Å². The Labute approximate surface area is 179 Å². The van der Waals surface area contributed by atoms with E-state index >= 15 is 0 Å². The lowest BCUT2D eigenvalue weighted by atomic mass is 10.0. The van der Waals surface area contributed by atoms with Crippen molar-refractivity contribution in [1.82, 2.24) is 0 Å². The Hall–Kier alpha value is -1.51. The van der Waals surface area contributed by atoms with Crippen LogP contribution in [0, 0.1) is 0 Å². The zero-order valence-corrected chi connectivity index (χ0v) is 19.0. The number of carbonyl (C=O) groups is 1. The highest BCUT2D eigenvalue weighted by Gasteiger charge is 2.12. The molecular formula is C26H44O3. The van der Waals surface area contributed by atoms with Gasteiger partial charge in [0.2, 0.25) is 0 Å². The lowest BCUT2D eigenvalue weighted by Gasteiger charge is -2.09. The van der Waals surface area contributed by atoms with Gasteiger partial charge in [0.15, 0.2) is 5.78 Å². The molecule has 0 radical (unpaired) electrons. The molecule has 1 aromatic rings. The number of Topliss-reactive ketones (excluding diaryl/α,β-unsaturated/α-hetero) is 1. The number of aromatic hydroxyl groups is 1. The van der Waals surface area contributed by atoms with Gasteiger partial charge in [-0.05, 0) is 25.0 Å². The Balaban J connectivity index is 2.17. The molecule has 0 heterocycles. The Morgan fingerprint density at radius 1 is 0.759 bits per heavy atom. The summed E-state index contributed by atoms with van der Waals surface area (Å²) in [5, 5.41) is 10.2. The second-order valence-corrected chi connectivity index (χ2v) is 8.30. The van der Waals surface area contributed by atoms with Crippen molar-refractivity contribution in [2.24, 2.45) is 0 Å². The largest absolute Gasteiger partial charge is 0.507 e. The van der Waals surface area contributed by atoms with Crippen LogP contribution in [0.15, 0.2) is 18.2 Å². The lowest BCUT2D eigenvalue weighted by Crippen LogP contribution is -2.01. The predicted molar refractivity (Wildman–Crippen MR) is 123 cm³/mol. The SMILES string of the molecule is CCCCCCCCCCCC(=O)c1ccc(OCCCCCCCC)cc1O. The maximum atomic E-state index is 12.4. The molecule has 1 N–H and O–H groups in total. The maximum Gasteiger partial charge on any atom is 0.166 e. The standard InChI is InChI=1S/C26H44O3/c1-3-5-7-9-11-12-13-14-16-18-25(27)24-20-19-23(22-26(24)28)29-21-17-15-10-8-6-4-2/h19-20,22,28H,3-18,21H2,1-2H3. The molecule has 0 aliphatic rings. The Bertz CT molecular complexity index is 539. The van der Waals surface area contributed by atoms with Crippen LogP contribution in [0.3, 0.4) is 0 Å². The number of hydrogen-bond acceptors (Lipinski definition) is 3. The van der Waals surface area contributed by atoms with Crippen LogP contribution in [0.5, 0.6) is 11.5 Å². The number of rotatable bonds is 19. The molecule has 0 spiro atoms. The number of ether oxygens (including phenoxy) is 1. The minimum atomic E-state index is 0.0351. The summed E-state index contributed by atoms with van der Waals surface area (Å²) in [7, 11) is 0. The van der Waals surface area contributed by atoms with Crippen molar-refractivity contribution < 1.29 is 14.6 Å². The van der Waals surface area contributed by atoms with E-state index in [1.165, 1.54) is 77.0 Å². The molecule has 3 heteroatoms. The fourth-order valence-electron chi connectivity index (χ4n) is 3.64. The van der Waals surface area contributed by atoms with E-state index in [-0.39, 0.29) is 11.5 Å². The van der Waals surface area contributed by atoms with Crippen molar-refractivity contribution >= 4 is 5.78 Å². The molecule has 29 heavy (non-hydrogen) atoms. The Morgan fingerprint density at radius 3 is 1.83 bits per heavy atom. The third-order valence-corrected chi connectivity index (χ3v) is 5.54. The Kier molecular flexibility index (Phi) is 15.3. The average molecular weight is 405 g/mol. The number of hydrogen-bond donors (Lipinski definition) is 1. The van der Waals surface area contributed by atoms with Gasteiger partial charge < -0.3 is 9.84 Å². The fraction of sp³-hybridized carbons (Fsp3) is 0.731. The van der Waals surface area contributed by atoms with E-state index in [1.54, 1.807) is 18.2 Å². The second kappa shape index (κ2) is 17.4. The number of benzene rings is 1. The molecule has 0 aliphatic carbocycles. The van der Waals surface area contributed by atoms with Crippen molar-refractivity contribution in [3.05, 3.63) is 23.8 Å². The first-order valence-corrected chi connectivity index (χ1v) is 12.2. The number of ketones is 1. The zero-order chi connectivity index (χ0) is 21.2. The normalized spacial score (nSPS) is 11.0. The number of phenols is 1. The average Bonchev–Trinajstić information content (AvgIpc) is 2.72. The van der Waals surface area contributed by atoms with Crippen molar-refractivity contribution in [2.45, 2.75) is 117 Å². The molecule has 3 nitrogen and oxygen atoms in total. The molecule has 0 fully saturated rings. The zero-order valence-electron chi connectivity index (χ0n) is 19.0. The molecule has 0 saturated heterocycles. The van der Waals surface area contributed by atoms with Gasteiger partial charge in [0.05, 0.1) is 12.2 Å². The summed E-state index contributed by atoms with van der Waals surface area (Å²) in [4.78, 5) is 12.4. The van der Waals surface area contributed by atoms with Crippen LogP contribution in [-0.2, 0) is 0 Å². The Morgan fingerprint density at radius 2 is 1.28 bits per heavy atom. The second-order valence-electron chi connectivity index (χ2n) is 8.30. The predicted octanol–water partition coefficient (Wildman–Crippen LogP) is 8.24. The highest BCUT2D eigenvalue weighted by atomic mass is 16.5. The first kappa shape index (κ1) is 25.5. The van der Waals surface area contributed by atoms with E-state index in [9.17, 15) is 9.90 Å². The molecular weight excluding hydrogens is 360 g/mol. The molecule has 0 amide bonds. The van der Waals surface area contributed by atoms with Crippen LogP contribution < -0.4 is 4.74 Å². The molecule has 0 bridgehead atoms. The van der Waals surface area contributed by atoms with E-state index in [2.05, 4.69) is 13.8 Å².